The fourth-order valence-electron chi connectivity index (χ4n) is 5.55. The van der Waals surface area contributed by atoms with Gasteiger partial charge < -0.3 is 24.8 Å². The molecule has 0 bridgehead atoms. The predicted molar refractivity (Wildman–Crippen MR) is 166 cm³/mol. The van der Waals surface area contributed by atoms with Crippen LogP contribution in [0.2, 0.25) is 0 Å². The van der Waals surface area contributed by atoms with Crippen LogP contribution in [0, 0.1) is 30.9 Å². The molecule has 2 atom stereocenters. The van der Waals surface area contributed by atoms with Gasteiger partial charge in [-0.1, -0.05) is 13.0 Å². The van der Waals surface area contributed by atoms with Crippen LogP contribution in [0.4, 0.5) is 17.1 Å². The number of nitrogens with zero attached hydrogens (tertiary/aromatic N) is 4. The highest BCUT2D eigenvalue weighted by molar-refractivity contribution is 7.80. The van der Waals surface area contributed by atoms with Crippen LogP contribution in [-0.2, 0) is 4.79 Å². The summed E-state index contributed by atoms with van der Waals surface area (Å²) in [6, 6.07) is 17.9. The number of nitro benzene ring substituents is 1. The fraction of sp³-hybridized carbons (Fsp3) is 0.258. The van der Waals surface area contributed by atoms with Crippen molar-refractivity contribution in [2.75, 3.05) is 17.3 Å². The summed E-state index contributed by atoms with van der Waals surface area (Å²) in [5, 5.41) is 18.4. The monoisotopic (exact) mass is 584 g/mol. The minimum Gasteiger partial charge on any atom is -0.494 e. The van der Waals surface area contributed by atoms with Crippen molar-refractivity contribution in [2.45, 2.75) is 46.2 Å². The standard InChI is InChI=1S/C31H32N6O4S/c1-6-28(38)33-24-12-10-21(15-18(24)2)36-30(29(34-31(36)42)25-9-7-8-14-32-25)23-16-19(3)35(20(23)4)26-13-11-22(37(39)40)17-27(26)41-5/h7-17,29-30H,6H2,1-5H3,(H,33,38)(H,34,42). The fourth-order valence-corrected chi connectivity index (χ4v) is 5.89. The quantitative estimate of drug-likeness (QED) is 0.142. The lowest BCUT2D eigenvalue weighted by molar-refractivity contribution is -0.384. The number of thiocarbonyl (C=S) groups is 1. The number of aryl methyl sites for hydroxylation is 2. The molecule has 0 radical (unpaired) electrons. The SMILES string of the molecule is CCC(=O)Nc1ccc(N2C(=S)NC(c3ccccn3)C2c2cc(C)n(-c3ccc([N+](=O)[O-])cc3OC)c2C)cc1C. The number of non-ortho nitro benzene ring substituents is 1. The molecule has 1 aliphatic heterocycles. The Labute approximate surface area is 249 Å². The van der Waals surface area contributed by atoms with Gasteiger partial charge in [-0.3, -0.25) is 19.9 Å². The van der Waals surface area contributed by atoms with E-state index in [4.69, 9.17) is 17.0 Å². The van der Waals surface area contributed by atoms with Crippen molar-refractivity contribution >= 4 is 40.3 Å². The number of nitrogens with one attached hydrogen (secondary N) is 2. The van der Waals surface area contributed by atoms with E-state index in [1.165, 1.54) is 19.2 Å². The number of anilines is 2. The molecule has 42 heavy (non-hydrogen) atoms. The molecule has 1 amide bonds. The average Bonchev–Trinajstić information content (AvgIpc) is 3.48. The second-order valence-corrected chi connectivity index (χ2v) is 10.6. The number of rotatable bonds is 8. The Morgan fingerprint density at radius 1 is 1.14 bits per heavy atom. The highest BCUT2D eigenvalue weighted by Gasteiger charge is 2.42. The molecule has 216 valence electrons. The lowest BCUT2D eigenvalue weighted by atomic mass is 9.96. The molecule has 1 aliphatic rings. The lowest BCUT2D eigenvalue weighted by Crippen LogP contribution is -2.29. The highest BCUT2D eigenvalue weighted by atomic mass is 32.1. The Morgan fingerprint density at radius 2 is 1.93 bits per heavy atom. The molecule has 3 heterocycles. The maximum Gasteiger partial charge on any atom is 0.273 e. The first kappa shape index (κ1) is 28.7. The highest BCUT2D eigenvalue weighted by Crippen LogP contribution is 2.45. The molecular formula is C31H32N6O4S. The zero-order valence-corrected chi connectivity index (χ0v) is 24.9. The van der Waals surface area contributed by atoms with E-state index in [1.54, 1.807) is 12.3 Å². The third-order valence-corrected chi connectivity index (χ3v) is 7.90. The predicted octanol–water partition coefficient (Wildman–Crippen LogP) is 6.24. The van der Waals surface area contributed by atoms with Crippen LogP contribution in [0.5, 0.6) is 5.75 Å². The van der Waals surface area contributed by atoms with Crippen LogP contribution in [0.15, 0.2) is 66.9 Å². The van der Waals surface area contributed by atoms with Crippen molar-refractivity contribution in [1.82, 2.24) is 14.9 Å². The summed E-state index contributed by atoms with van der Waals surface area (Å²) in [7, 11) is 1.50. The Morgan fingerprint density at radius 3 is 2.57 bits per heavy atom. The maximum absolute atomic E-state index is 12.0. The number of hydrogen-bond acceptors (Lipinski definition) is 6. The number of ether oxygens (including phenoxy) is 1. The number of carbonyl (C=O) groups excluding carboxylic acids is 1. The summed E-state index contributed by atoms with van der Waals surface area (Å²) in [6.07, 6.45) is 2.16. The molecule has 0 saturated carbocycles. The zero-order valence-electron chi connectivity index (χ0n) is 24.0. The molecular weight excluding hydrogens is 552 g/mol. The number of aromatic nitrogens is 2. The van der Waals surface area contributed by atoms with E-state index in [-0.39, 0.29) is 23.7 Å². The summed E-state index contributed by atoms with van der Waals surface area (Å²) in [6.45, 7) is 7.79. The van der Waals surface area contributed by atoms with Gasteiger partial charge in [0.2, 0.25) is 5.91 Å². The van der Waals surface area contributed by atoms with Gasteiger partial charge in [0, 0.05) is 41.4 Å². The number of nitro groups is 1. The van der Waals surface area contributed by atoms with Crippen LogP contribution < -0.4 is 20.3 Å². The number of methoxy groups -OCH3 is 1. The largest absolute Gasteiger partial charge is 0.494 e. The van der Waals surface area contributed by atoms with Gasteiger partial charge in [0.1, 0.15) is 5.75 Å². The van der Waals surface area contributed by atoms with Crippen molar-refractivity contribution in [3.8, 4) is 11.4 Å². The lowest BCUT2D eigenvalue weighted by Gasteiger charge is -2.29. The first-order valence-electron chi connectivity index (χ1n) is 13.6. The molecule has 1 fully saturated rings. The van der Waals surface area contributed by atoms with E-state index in [9.17, 15) is 14.9 Å². The molecule has 2 N–H and O–H groups in total. The van der Waals surface area contributed by atoms with E-state index in [0.717, 1.165) is 39.6 Å². The Bertz CT molecular complexity index is 1690. The van der Waals surface area contributed by atoms with Gasteiger partial charge in [0.15, 0.2) is 5.11 Å². The second kappa shape index (κ2) is 11.6. The number of hydrogen-bond donors (Lipinski definition) is 2. The molecule has 0 spiro atoms. The molecule has 5 rings (SSSR count). The summed E-state index contributed by atoms with van der Waals surface area (Å²) in [5.41, 5.74) is 6.92. The van der Waals surface area contributed by atoms with Gasteiger partial charge in [0.05, 0.1) is 41.6 Å². The van der Waals surface area contributed by atoms with E-state index < -0.39 is 4.92 Å². The maximum atomic E-state index is 12.0. The van der Waals surface area contributed by atoms with Gasteiger partial charge in [-0.05, 0) is 86.6 Å². The van der Waals surface area contributed by atoms with E-state index in [2.05, 4.69) is 26.6 Å². The molecule has 11 heteroatoms. The van der Waals surface area contributed by atoms with Crippen LogP contribution >= 0.6 is 12.2 Å². The summed E-state index contributed by atoms with van der Waals surface area (Å²) >= 11 is 5.92. The second-order valence-electron chi connectivity index (χ2n) is 10.2. The summed E-state index contributed by atoms with van der Waals surface area (Å²) in [5.74, 6) is 0.350. The molecule has 0 aliphatic carbocycles. The summed E-state index contributed by atoms with van der Waals surface area (Å²) in [4.78, 5) is 29.8. The number of carbonyl (C=O) groups is 1. The van der Waals surface area contributed by atoms with Crippen molar-refractivity contribution in [1.29, 1.82) is 0 Å². The molecule has 2 aromatic heterocycles. The Kier molecular flexibility index (Phi) is 7.95. The minimum atomic E-state index is -0.436. The van der Waals surface area contributed by atoms with Crippen molar-refractivity contribution < 1.29 is 14.5 Å². The first-order chi connectivity index (χ1) is 20.1. The van der Waals surface area contributed by atoms with Crippen molar-refractivity contribution in [2.24, 2.45) is 0 Å². The number of benzene rings is 2. The summed E-state index contributed by atoms with van der Waals surface area (Å²) < 4.78 is 7.63. The Hall–Kier alpha value is -4.77. The molecule has 10 nitrogen and oxygen atoms in total. The minimum absolute atomic E-state index is 0.0426. The number of amides is 1. The third kappa shape index (κ3) is 5.18. The average molecular weight is 585 g/mol. The zero-order chi connectivity index (χ0) is 30.1. The van der Waals surface area contributed by atoms with Gasteiger partial charge in [-0.25, -0.2) is 0 Å². The van der Waals surface area contributed by atoms with Gasteiger partial charge in [-0.15, -0.1) is 0 Å². The van der Waals surface area contributed by atoms with Crippen LogP contribution in [0.3, 0.4) is 0 Å². The topological polar surface area (TPSA) is 115 Å². The normalized spacial score (nSPS) is 16.3. The van der Waals surface area contributed by atoms with Gasteiger partial charge in [-0.2, -0.15) is 0 Å². The molecule has 4 aromatic rings. The van der Waals surface area contributed by atoms with Crippen molar-refractivity contribution in [3.05, 3.63) is 105 Å². The number of pyridine rings is 1. The smallest absolute Gasteiger partial charge is 0.273 e. The van der Waals surface area contributed by atoms with Gasteiger partial charge >= 0.3 is 0 Å². The Balaban J connectivity index is 1.65. The molecule has 2 unspecified atom stereocenters. The van der Waals surface area contributed by atoms with E-state index in [1.807, 2.05) is 68.7 Å². The van der Waals surface area contributed by atoms with Crippen LogP contribution in [0.1, 0.15) is 53.6 Å². The van der Waals surface area contributed by atoms with Gasteiger partial charge in [0.25, 0.3) is 5.69 Å². The van der Waals surface area contributed by atoms with E-state index in [0.29, 0.717) is 23.0 Å². The van der Waals surface area contributed by atoms with Crippen molar-refractivity contribution in [3.63, 3.8) is 0 Å². The molecule has 1 saturated heterocycles. The van der Waals surface area contributed by atoms with Crippen LogP contribution in [-0.4, -0.2) is 32.6 Å². The molecule has 2 aromatic carbocycles. The first-order valence-corrected chi connectivity index (χ1v) is 14.0. The third-order valence-electron chi connectivity index (χ3n) is 7.59. The van der Waals surface area contributed by atoms with E-state index >= 15 is 0 Å². The van der Waals surface area contributed by atoms with Crippen LogP contribution in [0.25, 0.3) is 5.69 Å².